The molecule has 0 aliphatic carbocycles. The third kappa shape index (κ3) is 5.17. The van der Waals surface area contributed by atoms with Gasteiger partial charge in [0.25, 0.3) is 5.91 Å². The maximum Gasteiger partial charge on any atom is 0.340 e. The Bertz CT molecular complexity index is 1050. The Labute approximate surface area is 172 Å². The zero-order valence-corrected chi connectivity index (χ0v) is 17.2. The molecule has 0 radical (unpaired) electrons. The molecule has 150 valence electrons. The molecule has 0 spiro atoms. The second kappa shape index (κ2) is 8.00. The molecule has 0 aliphatic rings. The normalized spacial score (nSPS) is 11.2. The predicted molar refractivity (Wildman–Crippen MR) is 109 cm³/mol. The van der Waals surface area contributed by atoms with Gasteiger partial charge in [-0.1, -0.05) is 11.6 Å². The van der Waals surface area contributed by atoms with Gasteiger partial charge in [-0.3, -0.25) is 14.9 Å². The SMILES string of the molecule is Cc1nc(-c2ccc(NC(=O)c3ccc(C(=O)OC(C)(C)C)cn3)cc2Cl)n[nH]1. The van der Waals surface area contributed by atoms with Gasteiger partial charge in [-0.25, -0.2) is 9.78 Å². The number of amides is 1. The first kappa shape index (κ1) is 20.5. The van der Waals surface area contributed by atoms with Crippen LogP contribution in [0.1, 0.15) is 47.4 Å². The van der Waals surface area contributed by atoms with Crippen LogP contribution in [0.2, 0.25) is 5.02 Å². The molecule has 0 fully saturated rings. The molecule has 0 saturated heterocycles. The number of esters is 1. The average Bonchev–Trinajstić information content (AvgIpc) is 3.06. The summed E-state index contributed by atoms with van der Waals surface area (Å²) < 4.78 is 5.28. The number of carbonyl (C=O) groups excluding carboxylic acids is 2. The number of ether oxygens (including phenoxy) is 1. The molecule has 0 aliphatic heterocycles. The van der Waals surface area contributed by atoms with E-state index in [1.165, 1.54) is 18.3 Å². The molecule has 0 unspecified atom stereocenters. The van der Waals surface area contributed by atoms with Gasteiger partial charge in [0.15, 0.2) is 5.82 Å². The molecule has 2 aromatic heterocycles. The molecule has 0 atom stereocenters. The number of anilines is 1. The van der Waals surface area contributed by atoms with Gasteiger partial charge < -0.3 is 10.1 Å². The minimum atomic E-state index is -0.608. The van der Waals surface area contributed by atoms with Crippen LogP contribution >= 0.6 is 11.6 Å². The van der Waals surface area contributed by atoms with Crippen molar-refractivity contribution in [2.75, 3.05) is 5.32 Å². The number of halogens is 1. The third-order valence-corrected chi connectivity index (χ3v) is 4.01. The Morgan fingerprint density at radius 2 is 1.93 bits per heavy atom. The molecule has 2 N–H and O–H groups in total. The number of benzene rings is 1. The van der Waals surface area contributed by atoms with Crippen LogP contribution < -0.4 is 5.32 Å². The molecule has 0 bridgehead atoms. The zero-order chi connectivity index (χ0) is 21.2. The fourth-order valence-electron chi connectivity index (χ4n) is 2.42. The standard InChI is InChI=1S/C20H20ClN5O3/c1-11-23-17(26-25-11)14-7-6-13(9-15(14)21)24-18(27)16-8-5-12(10-22-16)19(28)29-20(2,3)4/h5-10H,1-4H3,(H,24,27)(H,23,25,26). The van der Waals surface area contributed by atoms with Crippen molar-refractivity contribution in [1.82, 2.24) is 20.2 Å². The number of hydrogen-bond acceptors (Lipinski definition) is 6. The van der Waals surface area contributed by atoms with Gasteiger partial charge in [0.05, 0.1) is 10.6 Å². The number of nitrogens with one attached hydrogen (secondary N) is 2. The van der Waals surface area contributed by atoms with E-state index in [9.17, 15) is 9.59 Å². The van der Waals surface area contributed by atoms with E-state index < -0.39 is 17.5 Å². The third-order valence-electron chi connectivity index (χ3n) is 3.70. The maximum atomic E-state index is 12.4. The number of H-pyrrole nitrogens is 1. The molecule has 1 aromatic carbocycles. The Hall–Kier alpha value is -3.26. The van der Waals surface area contributed by atoms with E-state index in [1.807, 2.05) is 0 Å². The Morgan fingerprint density at radius 3 is 2.48 bits per heavy atom. The highest BCUT2D eigenvalue weighted by molar-refractivity contribution is 6.33. The van der Waals surface area contributed by atoms with E-state index in [1.54, 1.807) is 45.9 Å². The lowest BCUT2D eigenvalue weighted by atomic mass is 10.2. The van der Waals surface area contributed by atoms with Crippen molar-refractivity contribution in [3.63, 3.8) is 0 Å². The second-order valence-corrected chi connectivity index (χ2v) is 7.73. The van der Waals surface area contributed by atoms with Crippen LogP contribution in [0.25, 0.3) is 11.4 Å². The summed E-state index contributed by atoms with van der Waals surface area (Å²) in [5, 5.41) is 9.95. The van der Waals surface area contributed by atoms with Crippen LogP contribution in [0.4, 0.5) is 5.69 Å². The van der Waals surface area contributed by atoms with Gasteiger partial charge in [-0.15, -0.1) is 0 Å². The van der Waals surface area contributed by atoms with Crippen LogP contribution in [-0.2, 0) is 4.74 Å². The fraction of sp³-hybridized carbons (Fsp3) is 0.250. The monoisotopic (exact) mass is 413 g/mol. The van der Waals surface area contributed by atoms with E-state index in [-0.39, 0.29) is 11.3 Å². The Kier molecular flexibility index (Phi) is 5.65. The van der Waals surface area contributed by atoms with Gasteiger partial charge in [0, 0.05) is 17.4 Å². The smallest absolute Gasteiger partial charge is 0.340 e. The van der Waals surface area contributed by atoms with Gasteiger partial charge in [-0.2, -0.15) is 5.10 Å². The highest BCUT2D eigenvalue weighted by atomic mass is 35.5. The Balaban J connectivity index is 1.70. The van der Waals surface area contributed by atoms with E-state index in [0.717, 1.165) is 0 Å². The molecule has 1 amide bonds. The summed E-state index contributed by atoms with van der Waals surface area (Å²) in [5.41, 5.74) is 0.957. The van der Waals surface area contributed by atoms with Crippen molar-refractivity contribution in [1.29, 1.82) is 0 Å². The van der Waals surface area contributed by atoms with Crippen LogP contribution in [0.5, 0.6) is 0 Å². The van der Waals surface area contributed by atoms with Crippen molar-refractivity contribution in [3.05, 3.63) is 58.6 Å². The van der Waals surface area contributed by atoms with Crippen LogP contribution in [0.3, 0.4) is 0 Å². The zero-order valence-electron chi connectivity index (χ0n) is 16.4. The molecule has 3 aromatic rings. The number of aromatic amines is 1. The topological polar surface area (TPSA) is 110 Å². The highest BCUT2D eigenvalue weighted by Gasteiger charge is 2.19. The molecular weight excluding hydrogens is 394 g/mol. The number of rotatable bonds is 4. The lowest BCUT2D eigenvalue weighted by Crippen LogP contribution is -2.24. The first-order valence-electron chi connectivity index (χ1n) is 8.82. The molecule has 8 nitrogen and oxygen atoms in total. The van der Waals surface area contributed by atoms with E-state index in [4.69, 9.17) is 16.3 Å². The molecule has 29 heavy (non-hydrogen) atoms. The average molecular weight is 414 g/mol. The quantitative estimate of drug-likeness (QED) is 0.624. The minimum Gasteiger partial charge on any atom is -0.456 e. The van der Waals surface area contributed by atoms with E-state index in [2.05, 4.69) is 25.5 Å². The first-order chi connectivity index (χ1) is 13.6. The first-order valence-corrected chi connectivity index (χ1v) is 9.20. The number of aryl methyl sites for hydroxylation is 1. The lowest BCUT2D eigenvalue weighted by molar-refractivity contribution is 0.00688. The van der Waals surface area contributed by atoms with Crippen molar-refractivity contribution >= 4 is 29.2 Å². The number of carbonyl (C=O) groups is 2. The summed E-state index contributed by atoms with van der Waals surface area (Å²) in [4.78, 5) is 32.7. The van der Waals surface area contributed by atoms with E-state index >= 15 is 0 Å². The summed E-state index contributed by atoms with van der Waals surface area (Å²) in [6, 6.07) is 7.98. The summed E-state index contributed by atoms with van der Waals surface area (Å²) in [6.07, 6.45) is 1.31. The van der Waals surface area contributed by atoms with Gasteiger partial charge in [-0.05, 0) is 58.0 Å². The minimum absolute atomic E-state index is 0.155. The number of pyridine rings is 1. The number of hydrogen-bond donors (Lipinski definition) is 2. The second-order valence-electron chi connectivity index (χ2n) is 7.33. The van der Waals surface area contributed by atoms with Crippen molar-refractivity contribution in [3.8, 4) is 11.4 Å². The molecule has 9 heteroatoms. The van der Waals surface area contributed by atoms with Gasteiger partial charge in [0.1, 0.15) is 17.1 Å². The molecular formula is C20H20ClN5O3. The Morgan fingerprint density at radius 1 is 1.17 bits per heavy atom. The molecule has 0 saturated carbocycles. The maximum absolute atomic E-state index is 12.4. The van der Waals surface area contributed by atoms with Gasteiger partial charge >= 0.3 is 5.97 Å². The van der Waals surface area contributed by atoms with Crippen molar-refractivity contribution in [2.24, 2.45) is 0 Å². The summed E-state index contributed by atoms with van der Waals surface area (Å²) >= 11 is 6.30. The fourth-order valence-corrected chi connectivity index (χ4v) is 2.68. The summed E-state index contributed by atoms with van der Waals surface area (Å²) in [6.45, 7) is 7.12. The van der Waals surface area contributed by atoms with E-state index in [0.29, 0.717) is 27.9 Å². The van der Waals surface area contributed by atoms with Crippen LogP contribution in [-0.4, -0.2) is 37.6 Å². The molecule has 2 heterocycles. The number of nitrogens with zero attached hydrogens (tertiary/aromatic N) is 3. The van der Waals surface area contributed by atoms with Crippen molar-refractivity contribution in [2.45, 2.75) is 33.3 Å². The predicted octanol–water partition coefficient (Wildman–Crippen LogP) is 4.04. The summed E-state index contributed by atoms with van der Waals surface area (Å²) in [5.74, 6) is 0.221. The van der Waals surface area contributed by atoms with Gasteiger partial charge in [0.2, 0.25) is 0 Å². The van der Waals surface area contributed by atoms with Crippen LogP contribution in [0.15, 0.2) is 36.5 Å². The largest absolute Gasteiger partial charge is 0.456 e. The summed E-state index contributed by atoms with van der Waals surface area (Å²) in [7, 11) is 0. The lowest BCUT2D eigenvalue weighted by Gasteiger charge is -2.19. The van der Waals surface area contributed by atoms with Crippen molar-refractivity contribution < 1.29 is 14.3 Å². The van der Waals surface area contributed by atoms with Crippen LogP contribution in [0, 0.1) is 6.92 Å². The number of aromatic nitrogens is 4. The molecule has 3 rings (SSSR count). The highest BCUT2D eigenvalue weighted by Crippen LogP contribution is 2.28.